The molecular formula is C25H36O2. The number of rotatable bonds is 10. The van der Waals surface area contributed by atoms with Crippen molar-refractivity contribution in [3.8, 4) is 5.75 Å². The summed E-state index contributed by atoms with van der Waals surface area (Å²) in [6.45, 7) is 11.6. The fourth-order valence-electron chi connectivity index (χ4n) is 3.93. The van der Waals surface area contributed by atoms with Gasteiger partial charge in [-0.15, -0.1) is 0 Å². The van der Waals surface area contributed by atoms with E-state index in [1.807, 2.05) is 12.1 Å². The van der Waals surface area contributed by atoms with Gasteiger partial charge in [-0.1, -0.05) is 50.1 Å². The predicted octanol–water partition coefficient (Wildman–Crippen LogP) is 6.23. The van der Waals surface area contributed by atoms with Gasteiger partial charge in [0.25, 0.3) is 0 Å². The van der Waals surface area contributed by atoms with E-state index in [-0.39, 0.29) is 6.61 Å². The van der Waals surface area contributed by atoms with Crippen LogP contribution < -0.4 is 4.74 Å². The smallest absolute Gasteiger partial charge is 0.125 e. The molecule has 1 N–H and O–H groups in total. The molecule has 1 unspecified atom stereocenters. The highest BCUT2D eigenvalue weighted by molar-refractivity contribution is 5.43. The molecule has 0 radical (unpaired) electrons. The van der Waals surface area contributed by atoms with Gasteiger partial charge in [-0.2, -0.15) is 0 Å². The third-order valence-electron chi connectivity index (χ3n) is 5.50. The second kappa shape index (κ2) is 10.5. The Morgan fingerprint density at radius 3 is 2.11 bits per heavy atom. The van der Waals surface area contributed by atoms with Crippen LogP contribution in [0, 0.1) is 33.6 Å². The first-order valence-electron chi connectivity index (χ1n) is 10.3. The molecule has 0 aliphatic carbocycles. The van der Waals surface area contributed by atoms with Crippen molar-refractivity contribution in [1.82, 2.24) is 0 Å². The normalized spacial score (nSPS) is 12.2. The summed E-state index contributed by atoms with van der Waals surface area (Å²) < 4.78 is 6.10. The molecule has 0 fully saturated rings. The lowest BCUT2D eigenvalue weighted by Crippen LogP contribution is -2.08. The topological polar surface area (TPSA) is 29.5 Å². The molecule has 2 aromatic carbocycles. The lowest BCUT2D eigenvalue weighted by atomic mass is 9.90. The second-order valence-electron chi connectivity index (χ2n) is 7.98. The van der Waals surface area contributed by atoms with Crippen LogP contribution in [0.2, 0.25) is 0 Å². The summed E-state index contributed by atoms with van der Waals surface area (Å²) in [7, 11) is 0. The fourth-order valence-corrected chi connectivity index (χ4v) is 3.93. The Hall–Kier alpha value is -1.80. The highest BCUT2D eigenvalue weighted by Crippen LogP contribution is 2.26. The van der Waals surface area contributed by atoms with E-state index in [0.717, 1.165) is 47.8 Å². The van der Waals surface area contributed by atoms with Gasteiger partial charge in [0.2, 0.25) is 0 Å². The fraction of sp³-hybridized carbons (Fsp3) is 0.520. The highest BCUT2D eigenvalue weighted by atomic mass is 16.5. The minimum Gasteiger partial charge on any atom is -0.493 e. The molecule has 0 spiro atoms. The van der Waals surface area contributed by atoms with Crippen molar-refractivity contribution in [2.45, 2.75) is 73.3 Å². The lowest BCUT2D eigenvalue weighted by Gasteiger charge is -2.18. The maximum Gasteiger partial charge on any atom is 0.125 e. The van der Waals surface area contributed by atoms with Crippen molar-refractivity contribution in [2.75, 3.05) is 6.61 Å². The molecule has 0 aliphatic rings. The Balaban J connectivity index is 1.88. The molecule has 0 saturated heterocycles. The molecule has 0 saturated carbocycles. The third-order valence-corrected chi connectivity index (χ3v) is 5.50. The van der Waals surface area contributed by atoms with Gasteiger partial charge in [-0.05, 0) is 86.3 Å². The number of aliphatic hydroxyl groups excluding tert-OH is 1. The summed E-state index contributed by atoms with van der Waals surface area (Å²) in [5.41, 5.74) is 7.40. The molecule has 0 aromatic heterocycles. The zero-order valence-corrected chi connectivity index (χ0v) is 17.8. The quantitative estimate of drug-likeness (QED) is 0.504. The van der Waals surface area contributed by atoms with E-state index in [2.05, 4.69) is 52.8 Å². The van der Waals surface area contributed by atoms with Crippen molar-refractivity contribution in [3.05, 3.63) is 63.7 Å². The van der Waals surface area contributed by atoms with Crippen LogP contribution in [0.3, 0.4) is 0 Å². The van der Waals surface area contributed by atoms with E-state index in [1.54, 1.807) is 0 Å². The van der Waals surface area contributed by atoms with E-state index < -0.39 is 0 Å². The van der Waals surface area contributed by atoms with E-state index in [4.69, 9.17) is 4.74 Å². The molecule has 2 heteroatoms. The molecule has 0 bridgehead atoms. The average Bonchev–Trinajstić information content (AvgIpc) is 2.63. The van der Waals surface area contributed by atoms with Crippen LogP contribution in [0.1, 0.15) is 66.0 Å². The van der Waals surface area contributed by atoms with Gasteiger partial charge >= 0.3 is 0 Å². The van der Waals surface area contributed by atoms with E-state index in [9.17, 15) is 5.11 Å². The van der Waals surface area contributed by atoms with Crippen molar-refractivity contribution in [2.24, 2.45) is 5.92 Å². The van der Waals surface area contributed by atoms with Crippen LogP contribution in [0.15, 0.2) is 30.3 Å². The van der Waals surface area contributed by atoms with Gasteiger partial charge in [0.15, 0.2) is 0 Å². The molecule has 0 heterocycles. The van der Waals surface area contributed by atoms with Crippen LogP contribution >= 0.6 is 0 Å². The summed E-state index contributed by atoms with van der Waals surface area (Å²) in [6.07, 6.45) is 5.95. The van der Waals surface area contributed by atoms with Gasteiger partial charge in [-0.25, -0.2) is 0 Å². The minimum absolute atomic E-state index is 0.0825. The molecular weight excluding hydrogens is 332 g/mol. The Labute approximate surface area is 165 Å². The number of aliphatic hydroxyl groups is 1. The summed E-state index contributed by atoms with van der Waals surface area (Å²) in [5, 5.41) is 9.32. The molecule has 27 heavy (non-hydrogen) atoms. The van der Waals surface area contributed by atoms with Crippen molar-refractivity contribution in [3.63, 3.8) is 0 Å². The maximum absolute atomic E-state index is 9.32. The molecule has 2 nitrogen and oxygen atoms in total. The van der Waals surface area contributed by atoms with Crippen LogP contribution in [0.5, 0.6) is 5.75 Å². The zero-order chi connectivity index (χ0) is 19.8. The van der Waals surface area contributed by atoms with E-state index in [1.165, 1.54) is 36.0 Å². The molecule has 148 valence electrons. The Bertz CT molecular complexity index is 710. The average molecular weight is 369 g/mol. The van der Waals surface area contributed by atoms with Crippen LogP contribution in [0.25, 0.3) is 0 Å². The standard InChI is InChI=1S/C25H36O2/c1-6-8-22(16-23-11-10-18(2)19(3)13-23)9-7-12-27-25-20(4)14-24(17-26)15-21(25)5/h10-11,13-15,22,26H,6-9,12,16-17H2,1-5H3. The summed E-state index contributed by atoms with van der Waals surface area (Å²) in [6, 6.07) is 10.9. The van der Waals surface area contributed by atoms with Crippen molar-refractivity contribution < 1.29 is 9.84 Å². The lowest BCUT2D eigenvalue weighted by molar-refractivity contribution is 0.277. The number of aryl methyl sites for hydroxylation is 4. The molecule has 1 atom stereocenters. The second-order valence-corrected chi connectivity index (χ2v) is 7.98. The molecule has 0 aliphatic heterocycles. The van der Waals surface area contributed by atoms with Crippen LogP contribution in [-0.2, 0) is 13.0 Å². The van der Waals surface area contributed by atoms with E-state index in [0.29, 0.717) is 0 Å². The van der Waals surface area contributed by atoms with E-state index >= 15 is 0 Å². The first-order chi connectivity index (χ1) is 12.9. The number of hydrogen-bond acceptors (Lipinski definition) is 2. The minimum atomic E-state index is 0.0825. The van der Waals surface area contributed by atoms with Crippen LogP contribution in [0.4, 0.5) is 0 Å². The van der Waals surface area contributed by atoms with Gasteiger partial charge in [-0.3, -0.25) is 0 Å². The third kappa shape index (κ3) is 6.39. The van der Waals surface area contributed by atoms with Crippen LogP contribution in [-0.4, -0.2) is 11.7 Å². The van der Waals surface area contributed by atoms with Gasteiger partial charge in [0.1, 0.15) is 5.75 Å². The van der Waals surface area contributed by atoms with Gasteiger partial charge in [0, 0.05) is 0 Å². The monoisotopic (exact) mass is 368 g/mol. The Kier molecular flexibility index (Phi) is 8.37. The Morgan fingerprint density at radius 2 is 1.52 bits per heavy atom. The zero-order valence-electron chi connectivity index (χ0n) is 17.8. The van der Waals surface area contributed by atoms with Crippen molar-refractivity contribution >= 4 is 0 Å². The molecule has 0 amide bonds. The molecule has 2 rings (SSSR count). The SMILES string of the molecule is CCCC(CCCOc1c(C)cc(CO)cc1C)Cc1ccc(C)c(C)c1. The first-order valence-corrected chi connectivity index (χ1v) is 10.3. The Morgan fingerprint density at radius 1 is 0.852 bits per heavy atom. The summed E-state index contributed by atoms with van der Waals surface area (Å²) in [4.78, 5) is 0. The number of hydrogen-bond donors (Lipinski definition) is 1. The molecule has 2 aromatic rings. The number of ether oxygens (including phenoxy) is 1. The van der Waals surface area contributed by atoms with Gasteiger partial charge in [0.05, 0.1) is 13.2 Å². The number of benzene rings is 2. The van der Waals surface area contributed by atoms with Crippen molar-refractivity contribution in [1.29, 1.82) is 0 Å². The largest absolute Gasteiger partial charge is 0.493 e. The van der Waals surface area contributed by atoms with Gasteiger partial charge < -0.3 is 9.84 Å². The predicted molar refractivity (Wildman–Crippen MR) is 115 cm³/mol. The summed E-state index contributed by atoms with van der Waals surface area (Å²) in [5.74, 6) is 1.70. The first kappa shape index (κ1) is 21.5. The highest BCUT2D eigenvalue weighted by Gasteiger charge is 2.11. The summed E-state index contributed by atoms with van der Waals surface area (Å²) >= 11 is 0. The maximum atomic E-state index is 9.32.